The van der Waals surface area contributed by atoms with Gasteiger partial charge in [-0.15, -0.1) is 0 Å². The molecule has 1 aliphatic rings. The van der Waals surface area contributed by atoms with Crippen molar-refractivity contribution in [1.29, 1.82) is 0 Å². The van der Waals surface area contributed by atoms with E-state index in [1.54, 1.807) is 6.07 Å². The van der Waals surface area contributed by atoms with Crippen molar-refractivity contribution < 1.29 is 9.18 Å². The Hall–Kier alpha value is -1.42. The quantitative estimate of drug-likeness (QED) is 0.839. The predicted molar refractivity (Wildman–Crippen MR) is 78.1 cm³/mol. The highest BCUT2D eigenvalue weighted by atomic mass is 19.1. The Morgan fingerprint density at radius 1 is 1.40 bits per heavy atom. The lowest BCUT2D eigenvalue weighted by atomic mass is 9.75. The van der Waals surface area contributed by atoms with Crippen LogP contribution in [0.3, 0.4) is 0 Å². The minimum Gasteiger partial charge on any atom is -0.355 e. The average Bonchev–Trinajstić information content (AvgIpc) is 2.40. The molecule has 0 spiro atoms. The van der Waals surface area contributed by atoms with E-state index in [9.17, 15) is 9.18 Å². The number of amides is 1. The van der Waals surface area contributed by atoms with E-state index in [-0.39, 0.29) is 23.7 Å². The van der Waals surface area contributed by atoms with Crippen LogP contribution in [-0.2, 0) is 4.79 Å². The molecule has 1 aromatic carbocycles. The molecule has 1 aromatic rings. The lowest BCUT2D eigenvalue weighted by Crippen LogP contribution is -2.50. The SMILES string of the molecule is CCCNC(=O)C(C)NC1CC(c2ccccc2F)C1. The summed E-state index contributed by atoms with van der Waals surface area (Å²) < 4.78 is 13.6. The van der Waals surface area contributed by atoms with Crippen LogP contribution in [0.1, 0.15) is 44.6 Å². The van der Waals surface area contributed by atoms with Crippen LogP contribution in [0.5, 0.6) is 0 Å². The van der Waals surface area contributed by atoms with Crippen LogP contribution in [0.25, 0.3) is 0 Å². The van der Waals surface area contributed by atoms with Crippen molar-refractivity contribution in [3.05, 3.63) is 35.6 Å². The summed E-state index contributed by atoms with van der Waals surface area (Å²) in [6.45, 7) is 4.62. The fourth-order valence-electron chi connectivity index (χ4n) is 2.64. The third-order valence-electron chi connectivity index (χ3n) is 3.91. The third-order valence-corrected chi connectivity index (χ3v) is 3.91. The van der Waals surface area contributed by atoms with Crippen molar-refractivity contribution in [2.75, 3.05) is 6.54 Å². The molecule has 2 rings (SSSR count). The molecule has 0 aliphatic heterocycles. The third kappa shape index (κ3) is 3.57. The first-order chi connectivity index (χ1) is 9.61. The van der Waals surface area contributed by atoms with E-state index in [4.69, 9.17) is 0 Å². The monoisotopic (exact) mass is 278 g/mol. The second kappa shape index (κ2) is 6.84. The molecule has 1 unspecified atom stereocenters. The van der Waals surface area contributed by atoms with Crippen molar-refractivity contribution >= 4 is 5.91 Å². The van der Waals surface area contributed by atoms with E-state index in [2.05, 4.69) is 10.6 Å². The zero-order valence-corrected chi connectivity index (χ0v) is 12.2. The second-order valence-electron chi connectivity index (χ2n) is 5.57. The standard InChI is InChI=1S/C16H23FN2O/c1-3-8-18-16(20)11(2)19-13-9-12(10-13)14-6-4-5-7-15(14)17/h4-7,11-13,19H,3,8-10H2,1-2H3,(H,18,20). The minimum atomic E-state index is -0.187. The molecular weight excluding hydrogens is 255 g/mol. The molecule has 1 amide bonds. The summed E-state index contributed by atoms with van der Waals surface area (Å²) in [5, 5.41) is 6.19. The molecule has 20 heavy (non-hydrogen) atoms. The van der Waals surface area contributed by atoms with Crippen LogP contribution in [0, 0.1) is 5.82 Å². The number of benzene rings is 1. The van der Waals surface area contributed by atoms with Gasteiger partial charge in [0.05, 0.1) is 6.04 Å². The Kier molecular flexibility index (Phi) is 5.12. The maximum Gasteiger partial charge on any atom is 0.236 e. The molecule has 1 saturated carbocycles. The van der Waals surface area contributed by atoms with Crippen LogP contribution < -0.4 is 10.6 Å². The number of nitrogens with one attached hydrogen (secondary N) is 2. The molecule has 0 saturated heterocycles. The van der Waals surface area contributed by atoms with Gasteiger partial charge >= 0.3 is 0 Å². The van der Waals surface area contributed by atoms with E-state index < -0.39 is 0 Å². The van der Waals surface area contributed by atoms with Crippen LogP contribution in [0.2, 0.25) is 0 Å². The average molecular weight is 278 g/mol. The number of carbonyl (C=O) groups is 1. The molecule has 110 valence electrons. The summed E-state index contributed by atoms with van der Waals surface area (Å²) in [5.41, 5.74) is 0.800. The van der Waals surface area contributed by atoms with E-state index in [0.717, 1.165) is 24.8 Å². The molecular formula is C16H23FN2O. The lowest BCUT2D eigenvalue weighted by Gasteiger charge is -2.38. The predicted octanol–water partition coefficient (Wildman–Crippen LogP) is 2.58. The number of hydrogen-bond donors (Lipinski definition) is 2. The Bertz CT molecular complexity index is 458. The van der Waals surface area contributed by atoms with Crippen molar-refractivity contribution in [3.63, 3.8) is 0 Å². The highest BCUT2D eigenvalue weighted by Gasteiger charge is 2.33. The Morgan fingerprint density at radius 2 is 2.10 bits per heavy atom. The van der Waals surface area contributed by atoms with Gasteiger partial charge in [0.2, 0.25) is 5.91 Å². The molecule has 0 radical (unpaired) electrons. The molecule has 2 N–H and O–H groups in total. The molecule has 3 nitrogen and oxygen atoms in total. The van der Waals surface area contributed by atoms with Crippen LogP contribution in [-0.4, -0.2) is 24.5 Å². The molecule has 4 heteroatoms. The van der Waals surface area contributed by atoms with Crippen LogP contribution >= 0.6 is 0 Å². The summed E-state index contributed by atoms with van der Waals surface area (Å²) in [4.78, 5) is 11.7. The van der Waals surface area contributed by atoms with Gasteiger partial charge in [0.25, 0.3) is 0 Å². The van der Waals surface area contributed by atoms with Crippen molar-refractivity contribution in [1.82, 2.24) is 10.6 Å². The van der Waals surface area contributed by atoms with Gasteiger partial charge in [0.1, 0.15) is 5.82 Å². The van der Waals surface area contributed by atoms with Crippen LogP contribution in [0.4, 0.5) is 4.39 Å². The van der Waals surface area contributed by atoms with Gasteiger partial charge in [-0.3, -0.25) is 4.79 Å². The van der Waals surface area contributed by atoms with Gasteiger partial charge in [-0.1, -0.05) is 25.1 Å². The summed E-state index contributed by atoms with van der Waals surface area (Å²) in [7, 11) is 0. The Labute approximate surface area is 120 Å². The van der Waals surface area contributed by atoms with Gasteiger partial charge in [0.15, 0.2) is 0 Å². The highest BCUT2D eigenvalue weighted by Crippen LogP contribution is 2.38. The van der Waals surface area contributed by atoms with E-state index >= 15 is 0 Å². The van der Waals surface area contributed by atoms with E-state index in [1.165, 1.54) is 6.07 Å². The first kappa shape index (κ1) is 15.0. The van der Waals surface area contributed by atoms with E-state index in [0.29, 0.717) is 12.6 Å². The van der Waals surface area contributed by atoms with Crippen molar-refractivity contribution in [3.8, 4) is 0 Å². The second-order valence-corrected chi connectivity index (χ2v) is 5.57. The molecule has 0 heterocycles. The first-order valence-electron chi connectivity index (χ1n) is 7.40. The molecule has 0 aromatic heterocycles. The van der Waals surface area contributed by atoms with Crippen molar-refractivity contribution in [2.24, 2.45) is 0 Å². The maximum atomic E-state index is 13.6. The minimum absolute atomic E-state index is 0.0428. The largest absolute Gasteiger partial charge is 0.355 e. The van der Waals surface area contributed by atoms with Gasteiger partial charge in [0, 0.05) is 12.6 Å². The summed E-state index contributed by atoms with van der Waals surface area (Å²) in [6.07, 6.45) is 2.73. The number of rotatable bonds is 6. The number of hydrogen-bond acceptors (Lipinski definition) is 2. The number of halogens is 1. The summed E-state index contributed by atoms with van der Waals surface area (Å²) in [6, 6.07) is 7.08. The molecule has 0 bridgehead atoms. The summed E-state index contributed by atoms with van der Waals surface area (Å²) >= 11 is 0. The molecule has 1 fully saturated rings. The smallest absolute Gasteiger partial charge is 0.236 e. The normalized spacial score (nSPS) is 22.9. The lowest BCUT2D eigenvalue weighted by molar-refractivity contribution is -0.123. The maximum absolute atomic E-state index is 13.6. The molecule has 1 aliphatic carbocycles. The Balaban J connectivity index is 1.77. The topological polar surface area (TPSA) is 41.1 Å². The first-order valence-corrected chi connectivity index (χ1v) is 7.40. The zero-order valence-electron chi connectivity index (χ0n) is 12.2. The highest BCUT2D eigenvalue weighted by molar-refractivity contribution is 5.81. The van der Waals surface area contributed by atoms with Crippen LogP contribution in [0.15, 0.2) is 24.3 Å². The van der Waals surface area contributed by atoms with Gasteiger partial charge in [-0.05, 0) is 43.7 Å². The summed E-state index contributed by atoms with van der Waals surface area (Å²) in [5.74, 6) is 0.200. The number of carbonyl (C=O) groups excluding carboxylic acids is 1. The zero-order chi connectivity index (χ0) is 14.5. The van der Waals surface area contributed by atoms with Crippen molar-refractivity contribution in [2.45, 2.75) is 51.1 Å². The molecule has 1 atom stereocenters. The van der Waals surface area contributed by atoms with Gasteiger partial charge in [-0.25, -0.2) is 4.39 Å². The van der Waals surface area contributed by atoms with Gasteiger partial charge < -0.3 is 10.6 Å². The fraction of sp³-hybridized carbons (Fsp3) is 0.562. The van der Waals surface area contributed by atoms with E-state index in [1.807, 2.05) is 26.0 Å². The fourth-order valence-corrected chi connectivity index (χ4v) is 2.64. The van der Waals surface area contributed by atoms with Gasteiger partial charge in [-0.2, -0.15) is 0 Å². The Morgan fingerprint density at radius 3 is 2.75 bits per heavy atom.